The Kier molecular flexibility index (Phi) is 5.98. The number of nitrogens with zero attached hydrogens (tertiary/aromatic N) is 2. The highest BCUT2D eigenvalue weighted by molar-refractivity contribution is 5.94. The predicted molar refractivity (Wildman–Crippen MR) is 79.7 cm³/mol. The van der Waals surface area contributed by atoms with Crippen molar-refractivity contribution in [3.05, 3.63) is 35.4 Å². The Morgan fingerprint density at radius 3 is 2.00 bits per heavy atom. The van der Waals surface area contributed by atoms with Gasteiger partial charge in [-0.15, -0.1) is 12.4 Å². The van der Waals surface area contributed by atoms with Gasteiger partial charge in [0.05, 0.1) is 0 Å². The number of benzene rings is 1. The van der Waals surface area contributed by atoms with Gasteiger partial charge >= 0.3 is 0 Å². The maximum atomic E-state index is 12.3. The molecule has 110 valence electrons. The molecule has 1 aliphatic heterocycles. The topological polar surface area (TPSA) is 66.6 Å². The van der Waals surface area contributed by atoms with Crippen molar-refractivity contribution in [1.29, 1.82) is 0 Å². The second-order valence-electron chi connectivity index (χ2n) is 4.70. The maximum absolute atomic E-state index is 12.3. The Bertz CT molecular complexity index is 468. The van der Waals surface area contributed by atoms with E-state index in [1.165, 1.54) is 0 Å². The summed E-state index contributed by atoms with van der Waals surface area (Å²) in [7, 11) is 0. The Balaban J connectivity index is 0.00000200. The fourth-order valence-corrected chi connectivity index (χ4v) is 2.19. The van der Waals surface area contributed by atoms with E-state index in [-0.39, 0.29) is 24.2 Å². The molecule has 5 nitrogen and oxygen atoms in total. The van der Waals surface area contributed by atoms with Gasteiger partial charge < -0.3 is 15.5 Å². The third-order valence-corrected chi connectivity index (χ3v) is 3.45. The van der Waals surface area contributed by atoms with Crippen LogP contribution in [-0.2, 0) is 11.3 Å². The second-order valence-corrected chi connectivity index (χ2v) is 4.70. The summed E-state index contributed by atoms with van der Waals surface area (Å²) in [6.45, 7) is 4.45. The van der Waals surface area contributed by atoms with Crippen molar-refractivity contribution in [2.75, 3.05) is 26.2 Å². The van der Waals surface area contributed by atoms with Crippen molar-refractivity contribution < 1.29 is 9.59 Å². The SMILES string of the molecule is CC(=O)N1CCN(C(=O)c2ccc(CN)cc2)CC1.Cl. The lowest BCUT2D eigenvalue weighted by atomic mass is 10.1. The molecule has 0 unspecified atom stereocenters. The predicted octanol–water partition coefficient (Wildman–Crippen LogP) is 0.871. The molecule has 1 fully saturated rings. The minimum absolute atomic E-state index is 0. The summed E-state index contributed by atoms with van der Waals surface area (Å²) >= 11 is 0. The van der Waals surface area contributed by atoms with Gasteiger partial charge in [-0.3, -0.25) is 9.59 Å². The van der Waals surface area contributed by atoms with Gasteiger partial charge in [-0.05, 0) is 17.7 Å². The van der Waals surface area contributed by atoms with E-state index in [9.17, 15) is 9.59 Å². The molecule has 0 bridgehead atoms. The van der Waals surface area contributed by atoms with Gasteiger partial charge in [-0.25, -0.2) is 0 Å². The summed E-state index contributed by atoms with van der Waals surface area (Å²) in [6.07, 6.45) is 0. The minimum atomic E-state index is 0. The number of piperazine rings is 1. The fraction of sp³-hybridized carbons (Fsp3) is 0.429. The molecule has 0 saturated carbocycles. The standard InChI is InChI=1S/C14H19N3O2.ClH/c1-11(18)16-6-8-17(9-7-16)14(19)13-4-2-12(10-15)3-5-13;/h2-5H,6-10,15H2,1H3;1H. The third-order valence-electron chi connectivity index (χ3n) is 3.45. The molecule has 1 aromatic rings. The zero-order chi connectivity index (χ0) is 13.8. The van der Waals surface area contributed by atoms with Crippen molar-refractivity contribution >= 4 is 24.2 Å². The molecule has 6 heteroatoms. The number of hydrogen-bond acceptors (Lipinski definition) is 3. The molecule has 2 N–H and O–H groups in total. The number of hydrogen-bond donors (Lipinski definition) is 1. The first-order valence-corrected chi connectivity index (χ1v) is 6.45. The van der Waals surface area contributed by atoms with Crippen LogP contribution in [0.3, 0.4) is 0 Å². The molecule has 0 aliphatic carbocycles. The molecule has 2 amide bonds. The van der Waals surface area contributed by atoms with Crippen molar-refractivity contribution in [2.45, 2.75) is 13.5 Å². The molecule has 0 spiro atoms. The zero-order valence-electron chi connectivity index (χ0n) is 11.5. The van der Waals surface area contributed by atoms with Gasteiger partial charge in [0, 0.05) is 45.2 Å². The quantitative estimate of drug-likeness (QED) is 0.881. The molecular formula is C14H20ClN3O2. The summed E-state index contributed by atoms with van der Waals surface area (Å²) in [5.74, 6) is 0.0890. The van der Waals surface area contributed by atoms with Crippen LogP contribution in [0.1, 0.15) is 22.8 Å². The van der Waals surface area contributed by atoms with Crippen LogP contribution in [0, 0.1) is 0 Å². The largest absolute Gasteiger partial charge is 0.339 e. The van der Waals surface area contributed by atoms with E-state index in [0.29, 0.717) is 38.3 Å². The smallest absolute Gasteiger partial charge is 0.253 e. The van der Waals surface area contributed by atoms with Gasteiger partial charge in [0.1, 0.15) is 0 Å². The van der Waals surface area contributed by atoms with Gasteiger partial charge in [-0.2, -0.15) is 0 Å². The number of halogens is 1. The first-order valence-electron chi connectivity index (χ1n) is 6.45. The lowest BCUT2D eigenvalue weighted by Gasteiger charge is -2.34. The van der Waals surface area contributed by atoms with Crippen LogP contribution in [0.25, 0.3) is 0 Å². The van der Waals surface area contributed by atoms with Crippen molar-refractivity contribution in [1.82, 2.24) is 9.80 Å². The molecule has 0 radical (unpaired) electrons. The first kappa shape index (κ1) is 16.5. The van der Waals surface area contributed by atoms with Crippen LogP contribution in [-0.4, -0.2) is 47.8 Å². The van der Waals surface area contributed by atoms with Crippen LogP contribution in [0.4, 0.5) is 0 Å². The zero-order valence-corrected chi connectivity index (χ0v) is 12.4. The highest BCUT2D eigenvalue weighted by atomic mass is 35.5. The van der Waals surface area contributed by atoms with Crippen LogP contribution in [0.2, 0.25) is 0 Å². The molecule has 1 aromatic carbocycles. The average molecular weight is 298 g/mol. The Hall–Kier alpha value is -1.59. The number of rotatable bonds is 2. The summed E-state index contributed by atoms with van der Waals surface area (Å²) in [4.78, 5) is 27.0. The molecule has 1 saturated heterocycles. The van der Waals surface area contributed by atoms with Crippen LogP contribution in [0.5, 0.6) is 0 Å². The molecule has 0 aromatic heterocycles. The minimum Gasteiger partial charge on any atom is -0.339 e. The lowest BCUT2D eigenvalue weighted by molar-refractivity contribution is -0.130. The van der Waals surface area contributed by atoms with Crippen LogP contribution in [0.15, 0.2) is 24.3 Å². The van der Waals surface area contributed by atoms with Crippen molar-refractivity contribution in [3.63, 3.8) is 0 Å². The Morgan fingerprint density at radius 2 is 1.55 bits per heavy atom. The fourth-order valence-electron chi connectivity index (χ4n) is 2.19. The van der Waals surface area contributed by atoms with Gasteiger partial charge in [0.2, 0.25) is 5.91 Å². The third kappa shape index (κ3) is 3.71. The first-order chi connectivity index (χ1) is 9.11. The van der Waals surface area contributed by atoms with E-state index in [2.05, 4.69) is 0 Å². The second kappa shape index (κ2) is 7.26. The molecule has 20 heavy (non-hydrogen) atoms. The van der Waals surface area contributed by atoms with Crippen molar-refractivity contribution in [2.24, 2.45) is 5.73 Å². The number of nitrogens with two attached hydrogens (primary N) is 1. The number of carbonyl (C=O) groups excluding carboxylic acids is 2. The van der Waals surface area contributed by atoms with E-state index in [1.54, 1.807) is 16.7 Å². The summed E-state index contributed by atoms with van der Waals surface area (Å²) < 4.78 is 0. The van der Waals surface area contributed by atoms with Crippen molar-refractivity contribution in [3.8, 4) is 0 Å². The molecule has 1 heterocycles. The summed E-state index contributed by atoms with van der Waals surface area (Å²) in [6, 6.07) is 7.36. The van der Waals surface area contributed by atoms with E-state index in [4.69, 9.17) is 5.73 Å². The summed E-state index contributed by atoms with van der Waals surface area (Å²) in [5, 5.41) is 0. The maximum Gasteiger partial charge on any atom is 0.253 e. The summed E-state index contributed by atoms with van der Waals surface area (Å²) in [5.41, 5.74) is 7.22. The number of amides is 2. The monoisotopic (exact) mass is 297 g/mol. The van der Waals surface area contributed by atoms with Crippen LogP contribution < -0.4 is 5.73 Å². The van der Waals surface area contributed by atoms with Gasteiger partial charge in [0.25, 0.3) is 5.91 Å². The van der Waals surface area contributed by atoms with Crippen LogP contribution >= 0.6 is 12.4 Å². The Morgan fingerprint density at radius 1 is 1.05 bits per heavy atom. The molecule has 0 atom stereocenters. The lowest BCUT2D eigenvalue weighted by Crippen LogP contribution is -2.50. The van der Waals surface area contributed by atoms with E-state index >= 15 is 0 Å². The average Bonchev–Trinajstić information content (AvgIpc) is 2.46. The molecule has 2 rings (SSSR count). The Labute approximate surface area is 125 Å². The molecular weight excluding hydrogens is 278 g/mol. The normalized spacial score (nSPS) is 14.7. The van der Waals surface area contributed by atoms with E-state index in [1.807, 2.05) is 24.3 Å². The number of carbonyl (C=O) groups is 2. The van der Waals surface area contributed by atoms with Gasteiger partial charge in [0.15, 0.2) is 0 Å². The van der Waals surface area contributed by atoms with E-state index < -0.39 is 0 Å². The molecule has 1 aliphatic rings. The van der Waals surface area contributed by atoms with Gasteiger partial charge in [-0.1, -0.05) is 12.1 Å². The van der Waals surface area contributed by atoms with E-state index in [0.717, 1.165) is 5.56 Å². The highest BCUT2D eigenvalue weighted by Crippen LogP contribution is 2.10. The highest BCUT2D eigenvalue weighted by Gasteiger charge is 2.22.